The van der Waals surface area contributed by atoms with Gasteiger partial charge in [-0.3, -0.25) is 10.2 Å². The van der Waals surface area contributed by atoms with Crippen molar-refractivity contribution in [3.63, 3.8) is 0 Å². The predicted octanol–water partition coefficient (Wildman–Crippen LogP) is 4.69. The van der Waals surface area contributed by atoms with Crippen LogP contribution < -0.4 is 15.8 Å². The number of allylic oxidation sites excluding steroid dienone is 1. The summed E-state index contributed by atoms with van der Waals surface area (Å²) >= 11 is 0. The minimum Gasteiger partial charge on any atom is -0.339 e. The molecule has 0 atom stereocenters. The van der Waals surface area contributed by atoms with E-state index >= 15 is 0 Å². The summed E-state index contributed by atoms with van der Waals surface area (Å²) in [5.41, 5.74) is 4.80. The Kier molecular flexibility index (Phi) is 9.15. The fourth-order valence-corrected chi connectivity index (χ4v) is 4.82. The maximum atomic E-state index is 13.2. The molecule has 1 fully saturated rings. The van der Waals surface area contributed by atoms with Crippen molar-refractivity contribution in [3.05, 3.63) is 72.4 Å². The molecule has 9 nitrogen and oxygen atoms in total. The predicted molar refractivity (Wildman–Crippen MR) is 148 cm³/mol. The van der Waals surface area contributed by atoms with Crippen LogP contribution >= 0.6 is 0 Å². The highest BCUT2D eigenvalue weighted by molar-refractivity contribution is 6.01. The standard InChI is InChI=1S/C28H37N7O2/c1-3-19-32(20-4-2)25-15-21-33(22-16-25)27(36)23-11-13-24(14-12-23)31-28(37)34(26-9-6-5-7-10-26)35-29-17-8-18-30-35/h5-14,17-18,25,29H,3-4,15-16,19-22H2,1-2H3,(H,31,37). The lowest BCUT2D eigenvalue weighted by Gasteiger charge is -2.38. The monoisotopic (exact) mass is 503 g/mol. The summed E-state index contributed by atoms with van der Waals surface area (Å²) < 4.78 is 0. The van der Waals surface area contributed by atoms with Crippen molar-refractivity contribution < 1.29 is 9.59 Å². The number of nitrogens with one attached hydrogen (secondary N) is 2. The Labute approximate surface area is 219 Å². The van der Waals surface area contributed by atoms with Crippen molar-refractivity contribution >= 4 is 29.5 Å². The lowest BCUT2D eigenvalue weighted by Crippen LogP contribution is -2.51. The first-order chi connectivity index (χ1) is 18.1. The summed E-state index contributed by atoms with van der Waals surface area (Å²) in [6, 6.07) is 16.5. The van der Waals surface area contributed by atoms with Gasteiger partial charge in [0.2, 0.25) is 0 Å². The second-order valence-electron chi connectivity index (χ2n) is 9.26. The van der Waals surface area contributed by atoms with E-state index in [1.54, 1.807) is 42.8 Å². The van der Waals surface area contributed by atoms with Gasteiger partial charge in [-0.05, 0) is 81.2 Å². The number of hydrazone groups is 1. The molecule has 2 aromatic carbocycles. The van der Waals surface area contributed by atoms with Crippen LogP contribution in [0, 0.1) is 0 Å². The van der Waals surface area contributed by atoms with Gasteiger partial charge >= 0.3 is 6.03 Å². The summed E-state index contributed by atoms with van der Waals surface area (Å²) in [5.74, 6) is 0.0402. The van der Waals surface area contributed by atoms with E-state index in [2.05, 4.69) is 34.6 Å². The van der Waals surface area contributed by atoms with Gasteiger partial charge < -0.3 is 15.1 Å². The molecule has 2 aromatic rings. The fraction of sp³-hybridized carbons (Fsp3) is 0.393. The zero-order valence-corrected chi connectivity index (χ0v) is 21.7. The van der Waals surface area contributed by atoms with Crippen molar-refractivity contribution in [3.8, 4) is 0 Å². The molecule has 2 heterocycles. The first kappa shape index (κ1) is 26.2. The number of carbonyl (C=O) groups is 2. The topological polar surface area (TPSA) is 83.5 Å². The van der Waals surface area contributed by atoms with Gasteiger partial charge in [-0.1, -0.05) is 37.3 Å². The molecule has 196 valence electrons. The molecule has 3 amide bonds. The van der Waals surface area contributed by atoms with Gasteiger partial charge in [0.15, 0.2) is 0 Å². The fourth-order valence-electron chi connectivity index (χ4n) is 4.82. The molecular weight excluding hydrogens is 466 g/mol. The van der Waals surface area contributed by atoms with E-state index in [-0.39, 0.29) is 5.91 Å². The van der Waals surface area contributed by atoms with Crippen molar-refractivity contribution in [1.82, 2.24) is 20.5 Å². The number of nitrogens with zero attached hydrogens (tertiary/aromatic N) is 5. The molecule has 37 heavy (non-hydrogen) atoms. The molecule has 0 aromatic heterocycles. The number of rotatable bonds is 9. The number of carbonyl (C=O) groups excluding carboxylic acids is 2. The summed E-state index contributed by atoms with van der Waals surface area (Å²) in [6.45, 7) is 8.24. The van der Waals surface area contributed by atoms with Crippen molar-refractivity contribution in [1.29, 1.82) is 0 Å². The molecule has 4 rings (SSSR count). The number of urea groups is 1. The normalized spacial score (nSPS) is 15.5. The van der Waals surface area contributed by atoms with Crippen LogP contribution in [0.4, 0.5) is 16.2 Å². The molecule has 0 radical (unpaired) electrons. The molecular formula is C28H37N7O2. The second-order valence-corrected chi connectivity index (χ2v) is 9.26. The van der Waals surface area contributed by atoms with Gasteiger partial charge in [0.1, 0.15) is 0 Å². The van der Waals surface area contributed by atoms with Crippen LogP contribution in [0.5, 0.6) is 0 Å². The molecule has 2 aliphatic heterocycles. The van der Waals surface area contributed by atoms with Crippen LogP contribution in [0.3, 0.4) is 0 Å². The molecule has 0 saturated carbocycles. The number of piperidine rings is 1. The second kappa shape index (κ2) is 12.9. The molecule has 1 saturated heterocycles. The molecule has 0 bridgehead atoms. The minimum absolute atomic E-state index is 0.0402. The Balaban J connectivity index is 1.37. The Hall–Kier alpha value is -3.85. The number of hydrazine groups is 2. The van der Waals surface area contributed by atoms with Crippen LogP contribution in [-0.4, -0.2) is 65.4 Å². The zero-order chi connectivity index (χ0) is 26.0. The third-order valence-corrected chi connectivity index (χ3v) is 6.60. The van der Waals surface area contributed by atoms with E-state index in [0.717, 1.165) is 51.9 Å². The Morgan fingerprint density at radius 3 is 2.27 bits per heavy atom. The largest absolute Gasteiger partial charge is 0.348 e. The van der Waals surface area contributed by atoms with Gasteiger partial charge in [0.25, 0.3) is 5.91 Å². The molecule has 0 unspecified atom stereocenters. The van der Waals surface area contributed by atoms with Crippen LogP contribution in [-0.2, 0) is 0 Å². The average Bonchev–Trinajstić information content (AvgIpc) is 2.94. The van der Waals surface area contributed by atoms with Crippen LogP contribution in [0.15, 0.2) is 72.0 Å². The Morgan fingerprint density at radius 1 is 1.00 bits per heavy atom. The number of hydrogen-bond donors (Lipinski definition) is 2. The zero-order valence-electron chi connectivity index (χ0n) is 21.7. The number of amides is 3. The molecule has 2 aliphatic rings. The number of likely N-dealkylation sites (tertiary alicyclic amines) is 1. The van der Waals surface area contributed by atoms with E-state index in [4.69, 9.17) is 0 Å². The summed E-state index contributed by atoms with van der Waals surface area (Å²) in [7, 11) is 0. The third kappa shape index (κ3) is 6.68. The quantitative estimate of drug-likeness (QED) is 0.519. The van der Waals surface area contributed by atoms with Crippen molar-refractivity contribution in [2.24, 2.45) is 5.10 Å². The first-order valence-electron chi connectivity index (χ1n) is 13.2. The highest BCUT2D eigenvalue weighted by Gasteiger charge is 2.27. The van der Waals surface area contributed by atoms with Crippen LogP contribution in [0.1, 0.15) is 49.9 Å². The minimum atomic E-state index is -0.393. The third-order valence-electron chi connectivity index (χ3n) is 6.60. The lowest BCUT2D eigenvalue weighted by atomic mass is 10.0. The Morgan fingerprint density at radius 2 is 1.68 bits per heavy atom. The maximum absolute atomic E-state index is 13.2. The summed E-state index contributed by atoms with van der Waals surface area (Å²) in [6.07, 6.45) is 9.35. The first-order valence-corrected chi connectivity index (χ1v) is 13.2. The Bertz CT molecular complexity index is 1070. The van der Waals surface area contributed by atoms with Crippen LogP contribution in [0.25, 0.3) is 0 Å². The van der Waals surface area contributed by atoms with Crippen molar-refractivity contribution in [2.45, 2.75) is 45.6 Å². The number of anilines is 2. The number of benzene rings is 2. The summed E-state index contributed by atoms with van der Waals surface area (Å²) in [5, 5.41) is 9.87. The number of hydrogen-bond acceptors (Lipinski definition) is 6. The molecule has 2 N–H and O–H groups in total. The molecule has 0 spiro atoms. The van der Waals surface area contributed by atoms with E-state index in [0.29, 0.717) is 23.0 Å². The van der Waals surface area contributed by atoms with E-state index < -0.39 is 6.03 Å². The van der Waals surface area contributed by atoms with Crippen molar-refractivity contribution in [2.75, 3.05) is 36.5 Å². The van der Waals surface area contributed by atoms with Gasteiger partial charge in [0, 0.05) is 36.6 Å². The molecule has 9 heteroatoms. The van der Waals surface area contributed by atoms with E-state index in [9.17, 15) is 9.59 Å². The molecule has 0 aliphatic carbocycles. The van der Waals surface area contributed by atoms with E-state index in [1.807, 2.05) is 35.2 Å². The van der Waals surface area contributed by atoms with E-state index in [1.165, 1.54) is 10.2 Å². The van der Waals surface area contributed by atoms with Crippen LogP contribution in [0.2, 0.25) is 0 Å². The highest BCUT2D eigenvalue weighted by Crippen LogP contribution is 2.21. The van der Waals surface area contributed by atoms with Gasteiger partial charge in [-0.25, -0.2) is 4.79 Å². The lowest BCUT2D eigenvalue weighted by molar-refractivity contribution is 0.0618. The average molecular weight is 504 g/mol. The van der Waals surface area contributed by atoms with Gasteiger partial charge in [-0.2, -0.15) is 5.01 Å². The van der Waals surface area contributed by atoms with Gasteiger partial charge in [-0.15, -0.1) is 5.10 Å². The number of para-hydroxylation sites is 1. The highest BCUT2D eigenvalue weighted by atomic mass is 16.2. The SMILES string of the molecule is CCCN(CCC)C1CCN(C(=O)c2ccc(NC(=O)N(c3ccccc3)N3N=CC=CN3)cc2)CC1. The maximum Gasteiger partial charge on any atom is 0.348 e. The smallest absolute Gasteiger partial charge is 0.339 e. The van der Waals surface area contributed by atoms with Gasteiger partial charge in [0.05, 0.1) is 11.9 Å². The summed E-state index contributed by atoms with van der Waals surface area (Å²) in [4.78, 5) is 30.9.